The Bertz CT molecular complexity index is 2410. The lowest BCUT2D eigenvalue weighted by atomic mass is 9.54. The second-order valence-corrected chi connectivity index (χ2v) is 20.8. The first kappa shape index (κ1) is 41.4. The zero-order valence-electron chi connectivity index (χ0n) is 36.0. The van der Waals surface area contributed by atoms with Gasteiger partial charge in [0.25, 0.3) is 0 Å². The molecule has 0 amide bonds. The molecule has 10 atom stereocenters. The Balaban J connectivity index is 0.000000153. The van der Waals surface area contributed by atoms with Gasteiger partial charge in [-0.05, 0) is 191 Å². The fraction of sp³-hybridized carbons (Fsp3) is 0.529. The average molecular weight is 900 g/mol. The lowest BCUT2D eigenvalue weighted by molar-refractivity contribution is -0.129. The summed E-state index contributed by atoms with van der Waals surface area (Å²) in [6.07, 6.45) is 20.3. The van der Waals surface area contributed by atoms with Gasteiger partial charge in [0.15, 0.2) is 11.6 Å². The first-order chi connectivity index (χ1) is 30.1. The van der Waals surface area contributed by atoms with Crippen LogP contribution in [-0.4, -0.2) is 46.7 Å². The van der Waals surface area contributed by atoms with Crippen molar-refractivity contribution in [2.75, 3.05) is 0 Å². The minimum Gasteiger partial charge on any atom is -0.508 e. The molecule has 1 N–H and O–H groups in total. The van der Waals surface area contributed by atoms with Crippen LogP contribution in [-0.2, 0) is 42.1 Å². The van der Waals surface area contributed by atoms with Crippen LogP contribution in [0.4, 0.5) is 0 Å². The fourth-order valence-corrected chi connectivity index (χ4v) is 14.7. The van der Waals surface area contributed by atoms with E-state index in [1.54, 1.807) is 34.2 Å². The molecule has 2 heterocycles. The number of carbonyl (C=O) groups excluding carboxylic acids is 2. The molecule has 0 bridgehead atoms. The van der Waals surface area contributed by atoms with Crippen molar-refractivity contribution < 1.29 is 19.4 Å². The molecule has 0 radical (unpaired) electrons. The van der Waals surface area contributed by atoms with E-state index < -0.39 is 0 Å². The largest absolute Gasteiger partial charge is 0.508 e. The number of nitrogens with zero attached hydrogens (tertiary/aromatic N) is 6. The molecule has 0 unspecified atom stereocenters. The van der Waals surface area contributed by atoms with Crippen LogP contribution in [0.25, 0.3) is 0 Å². The summed E-state index contributed by atoms with van der Waals surface area (Å²) in [6, 6.07) is 20.9. The Morgan fingerprint density at radius 3 is 1.84 bits per heavy atom. The Labute approximate surface area is 373 Å². The second-order valence-electron chi connectivity index (χ2n) is 20.0. The minimum atomic E-state index is 0.103. The highest BCUT2D eigenvalue weighted by Crippen LogP contribution is 2.65. The smallest absolute Gasteiger partial charge is 0.157 e. The van der Waals surface area contributed by atoms with Gasteiger partial charge in [-0.25, -0.2) is 9.36 Å². The molecule has 4 fully saturated rings. The van der Waals surface area contributed by atoms with Crippen molar-refractivity contribution >= 4 is 27.5 Å². The highest BCUT2D eigenvalue weighted by molar-refractivity contribution is 9.10. The number of ketones is 2. The Hall–Kier alpha value is -4.64. The van der Waals surface area contributed by atoms with Crippen LogP contribution in [0.2, 0.25) is 0 Å². The topological polar surface area (TPSA) is 125 Å². The number of benzene rings is 3. The number of aromatic hydroxyl groups is 1. The number of Topliss-reactive ketones (excluding diaryl/α,β-unsaturated/α-hetero) is 2. The third kappa shape index (κ3) is 7.53. The molecular weight excluding hydrogens is 841 g/mol. The molecule has 62 heavy (non-hydrogen) atoms. The molecule has 324 valence electrons. The van der Waals surface area contributed by atoms with E-state index in [9.17, 15) is 14.7 Å². The molecule has 3 aromatic carbocycles. The standard InChI is InChI=1S/C29H32BrN3O2.C22H27N3O2/c1-29-12-11-21-22(24(29)9-10-25(29)27(34)17-33-14-13-31-32-33)8-7-20-15-28(26(30)16-23(20)21)35-18-19-5-3-2-4-6-19;1-22-9-8-17-16-5-3-15(26)12-14(16)2-4-18(17)19(22)6-7-20(22)21(27)13-25-11-10-23-24-25/h2-6,13-16,21-22,24-25H,7-12,17-18H2,1H3;3,5,10-12,17-20,26H,2,4,6-9,13H2,1H3/t21-,22+,24-,25+,29-;17-,18-,19+,20-,22+/m01/s1. The van der Waals surface area contributed by atoms with E-state index in [4.69, 9.17) is 4.74 Å². The van der Waals surface area contributed by atoms with Crippen molar-refractivity contribution in [3.8, 4) is 11.5 Å². The summed E-state index contributed by atoms with van der Waals surface area (Å²) >= 11 is 3.81. The lowest BCUT2D eigenvalue weighted by Gasteiger charge is -2.50. The first-order valence-corrected chi connectivity index (χ1v) is 23.9. The first-order valence-electron chi connectivity index (χ1n) is 23.1. The number of hydrogen-bond acceptors (Lipinski definition) is 8. The summed E-state index contributed by atoms with van der Waals surface area (Å²) in [4.78, 5) is 26.3. The van der Waals surface area contributed by atoms with Gasteiger partial charge in [0, 0.05) is 24.2 Å². The number of aryl methyl sites for hydroxylation is 2. The number of phenols is 1. The third-order valence-corrected chi connectivity index (χ3v) is 17.7. The summed E-state index contributed by atoms with van der Waals surface area (Å²) < 4.78 is 10.6. The molecule has 4 saturated carbocycles. The van der Waals surface area contributed by atoms with E-state index in [2.05, 4.69) is 80.7 Å². The normalized spacial score (nSPS) is 31.5. The van der Waals surface area contributed by atoms with E-state index in [-0.39, 0.29) is 22.7 Å². The van der Waals surface area contributed by atoms with Crippen molar-refractivity contribution in [3.63, 3.8) is 0 Å². The van der Waals surface area contributed by atoms with E-state index in [1.165, 1.54) is 53.5 Å². The number of ether oxygens (including phenoxy) is 1. The van der Waals surface area contributed by atoms with Crippen LogP contribution in [0.3, 0.4) is 0 Å². The lowest BCUT2D eigenvalue weighted by Crippen LogP contribution is -2.44. The molecular formula is C51H59BrN6O4. The quantitative estimate of drug-likeness (QED) is 0.155. The predicted octanol–water partition coefficient (Wildman–Crippen LogP) is 10.1. The summed E-state index contributed by atoms with van der Waals surface area (Å²) in [7, 11) is 0. The van der Waals surface area contributed by atoms with Crippen LogP contribution in [0.1, 0.15) is 118 Å². The van der Waals surface area contributed by atoms with Crippen molar-refractivity contribution in [1.29, 1.82) is 0 Å². The van der Waals surface area contributed by atoms with Crippen LogP contribution < -0.4 is 4.74 Å². The molecule has 5 aromatic rings. The molecule has 0 spiro atoms. The van der Waals surface area contributed by atoms with Crippen molar-refractivity contribution in [1.82, 2.24) is 30.0 Å². The molecule has 11 heteroatoms. The van der Waals surface area contributed by atoms with E-state index in [0.29, 0.717) is 72.5 Å². The minimum absolute atomic E-state index is 0.103. The van der Waals surface area contributed by atoms with Gasteiger partial charge in [-0.3, -0.25) is 9.59 Å². The van der Waals surface area contributed by atoms with Gasteiger partial charge in [-0.15, -0.1) is 10.2 Å². The van der Waals surface area contributed by atoms with Crippen molar-refractivity contribution in [2.24, 2.45) is 46.3 Å². The zero-order chi connectivity index (χ0) is 42.6. The van der Waals surface area contributed by atoms with E-state index >= 15 is 0 Å². The molecule has 11 rings (SSSR count). The van der Waals surface area contributed by atoms with Crippen LogP contribution in [0.5, 0.6) is 11.5 Å². The Kier molecular flexibility index (Phi) is 11.2. The van der Waals surface area contributed by atoms with Crippen LogP contribution in [0, 0.1) is 46.3 Å². The molecule has 6 aliphatic rings. The van der Waals surface area contributed by atoms with Gasteiger partial charge in [0.2, 0.25) is 0 Å². The third-order valence-electron chi connectivity index (χ3n) is 17.1. The summed E-state index contributed by atoms with van der Waals surface area (Å²) in [5.41, 5.74) is 7.12. The predicted molar refractivity (Wildman–Crippen MR) is 239 cm³/mol. The molecule has 0 aliphatic heterocycles. The number of rotatable bonds is 9. The number of fused-ring (bicyclic) bond motifs is 10. The maximum Gasteiger partial charge on any atom is 0.157 e. The molecule has 10 nitrogen and oxygen atoms in total. The summed E-state index contributed by atoms with van der Waals surface area (Å²) in [5.74, 6) is 6.01. The maximum atomic E-state index is 13.3. The zero-order valence-corrected chi connectivity index (χ0v) is 37.6. The maximum absolute atomic E-state index is 13.3. The van der Waals surface area contributed by atoms with Gasteiger partial charge in [0.05, 0.1) is 16.9 Å². The fourth-order valence-electron chi connectivity index (χ4n) is 14.2. The number of aromatic nitrogens is 6. The van der Waals surface area contributed by atoms with Gasteiger partial charge >= 0.3 is 0 Å². The van der Waals surface area contributed by atoms with Gasteiger partial charge < -0.3 is 9.84 Å². The van der Waals surface area contributed by atoms with Gasteiger partial charge in [-0.2, -0.15) is 0 Å². The van der Waals surface area contributed by atoms with E-state index in [1.807, 2.05) is 30.3 Å². The van der Waals surface area contributed by atoms with E-state index in [0.717, 1.165) is 61.6 Å². The van der Waals surface area contributed by atoms with Gasteiger partial charge in [-0.1, -0.05) is 60.7 Å². The monoisotopic (exact) mass is 898 g/mol. The Morgan fingerprint density at radius 2 is 1.27 bits per heavy atom. The number of phenolic OH excluding ortho intramolecular Hbond substituents is 1. The highest BCUT2D eigenvalue weighted by atomic mass is 79.9. The van der Waals surface area contributed by atoms with Crippen molar-refractivity contribution in [3.05, 3.63) is 118 Å². The molecule has 0 saturated heterocycles. The van der Waals surface area contributed by atoms with Crippen molar-refractivity contribution in [2.45, 2.75) is 122 Å². The molecule has 2 aromatic heterocycles. The number of carbonyl (C=O) groups is 2. The van der Waals surface area contributed by atoms with Gasteiger partial charge in [0.1, 0.15) is 31.2 Å². The highest BCUT2D eigenvalue weighted by Gasteiger charge is 2.58. The summed E-state index contributed by atoms with van der Waals surface area (Å²) in [5, 5.41) is 25.5. The SMILES string of the molecule is C[C@]12CC[C@@H]3c4cc(Br)c(OCc5ccccc5)cc4CC[C@H]3[C@@H]1CC[C@@H]2C(=O)Cn1ccnn1.C[C@]12CC[C@@H]3c4ccc(O)cc4CC[C@H]3[C@@H]1CC[C@@H]2C(=O)Cn1ccnn1. The number of hydrogen-bond donors (Lipinski definition) is 1. The Morgan fingerprint density at radius 1 is 0.710 bits per heavy atom. The second kappa shape index (κ2) is 16.8. The number of halogens is 1. The average Bonchev–Trinajstić information content (AvgIpc) is 4.11. The molecule has 6 aliphatic carbocycles. The van der Waals surface area contributed by atoms with Crippen LogP contribution in [0.15, 0.2) is 89.9 Å². The summed E-state index contributed by atoms with van der Waals surface area (Å²) in [6.45, 7) is 6.05. The van der Waals surface area contributed by atoms with Crippen LogP contribution >= 0.6 is 15.9 Å².